The summed E-state index contributed by atoms with van der Waals surface area (Å²) in [6.45, 7) is 2.95. The molecular weight excluding hydrogens is 288 g/mol. The first-order chi connectivity index (χ1) is 7.74. The highest BCUT2D eigenvalue weighted by molar-refractivity contribution is 9.08. The molecule has 1 heterocycles. The molecule has 0 aliphatic carbocycles. The molecule has 0 radical (unpaired) electrons. The molecular formula is C12H12BrClN2. The van der Waals surface area contributed by atoms with Gasteiger partial charge in [0.05, 0.1) is 0 Å². The maximum absolute atomic E-state index is 5.91. The topological polar surface area (TPSA) is 17.8 Å². The summed E-state index contributed by atoms with van der Waals surface area (Å²) in [4.78, 5) is 4.32. The average molecular weight is 300 g/mol. The van der Waals surface area contributed by atoms with Gasteiger partial charge in [-0.2, -0.15) is 0 Å². The third-order valence-corrected chi connectivity index (χ3v) is 3.28. The molecule has 1 aromatic heterocycles. The van der Waals surface area contributed by atoms with Crippen LogP contribution in [0.3, 0.4) is 0 Å². The van der Waals surface area contributed by atoms with E-state index in [1.165, 1.54) is 5.56 Å². The lowest BCUT2D eigenvalue weighted by Gasteiger charge is -2.04. The minimum atomic E-state index is 0.543. The van der Waals surface area contributed by atoms with Gasteiger partial charge < -0.3 is 4.57 Å². The van der Waals surface area contributed by atoms with Crippen LogP contribution in [0, 0.1) is 0 Å². The van der Waals surface area contributed by atoms with Crippen molar-refractivity contribution in [3.63, 3.8) is 0 Å². The Bertz CT molecular complexity index is 476. The molecule has 16 heavy (non-hydrogen) atoms. The summed E-state index contributed by atoms with van der Waals surface area (Å²) in [5.41, 5.74) is 2.35. The van der Waals surface area contributed by atoms with E-state index in [-0.39, 0.29) is 0 Å². The van der Waals surface area contributed by atoms with E-state index in [0.717, 1.165) is 23.3 Å². The van der Waals surface area contributed by atoms with E-state index < -0.39 is 0 Å². The highest BCUT2D eigenvalue weighted by Crippen LogP contribution is 2.22. The molecule has 2 aromatic rings. The third-order valence-electron chi connectivity index (χ3n) is 2.45. The van der Waals surface area contributed by atoms with E-state index >= 15 is 0 Å². The van der Waals surface area contributed by atoms with Gasteiger partial charge in [-0.3, -0.25) is 0 Å². The molecule has 0 spiro atoms. The zero-order valence-electron chi connectivity index (χ0n) is 8.95. The second-order valence-electron chi connectivity index (χ2n) is 3.50. The first-order valence-corrected chi connectivity index (χ1v) is 6.62. The Kier molecular flexibility index (Phi) is 3.66. The molecule has 0 aliphatic rings. The van der Waals surface area contributed by atoms with Crippen molar-refractivity contribution in [1.29, 1.82) is 0 Å². The van der Waals surface area contributed by atoms with Gasteiger partial charge >= 0.3 is 0 Å². The summed E-state index contributed by atoms with van der Waals surface area (Å²) < 4.78 is 2.05. The molecule has 2 rings (SSSR count). The molecule has 0 atom stereocenters. The van der Waals surface area contributed by atoms with Crippen LogP contribution in [0.15, 0.2) is 30.5 Å². The van der Waals surface area contributed by atoms with E-state index in [0.29, 0.717) is 5.15 Å². The van der Waals surface area contributed by atoms with Gasteiger partial charge in [-0.15, -0.1) is 0 Å². The van der Waals surface area contributed by atoms with Crippen molar-refractivity contribution in [2.24, 2.45) is 0 Å². The van der Waals surface area contributed by atoms with Crippen molar-refractivity contribution in [2.45, 2.75) is 18.8 Å². The number of halogens is 2. The summed E-state index contributed by atoms with van der Waals surface area (Å²) in [5.74, 6) is 0.925. The van der Waals surface area contributed by atoms with Gasteiger partial charge in [0.15, 0.2) is 0 Å². The second-order valence-corrected chi connectivity index (χ2v) is 4.45. The van der Waals surface area contributed by atoms with Gasteiger partial charge in [0, 0.05) is 23.6 Å². The van der Waals surface area contributed by atoms with Gasteiger partial charge in [-0.1, -0.05) is 51.8 Å². The number of hydrogen-bond donors (Lipinski definition) is 0. The number of alkyl halides is 1. The Morgan fingerprint density at radius 1 is 1.31 bits per heavy atom. The predicted octanol–water partition coefficient (Wildman–Crippen LogP) is 4.12. The normalized spacial score (nSPS) is 10.7. The van der Waals surface area contributed by atoms with Crippen LogP contribution in [-0.2, 0) is 11.9 Å². The van der Waals surface area contributed by atoms with Gasteiger partial charge in [0.2, 0.25) is 0 Å². The first kappa shape index (κ1) is 11.7. The van der Waals surface area contributed by atoms with Crippen molar-refractivity contribution in [3.05, 3.63) is 41.2 Å². The highest BCUT2D eigenvalue weighted by atomic mass is 79.9. The second kappa shape index (κ2) is 5.02. The molecule has 84 valence electrons. The molecule has 0 amide bonds. The van der Waals surface area contributed by atoms with Crippen LogP contribution in [0.25, 0.3) is 11.4 Å². The monoisotopic (exact) mass is 298 g/mol. The van der Waals surface area contributed by atoms with Gasteiger partial charge in [0.1, 0.15) is 11.0 Å². The van der Waals surface area contributed by atoms with E-state index in [1.807, 2.05) is 10.8 Å². The van der Waals surface area contributed by atoms with Crippen molar-refractivity contribution in [1.82, 2.24) is 9.55 Å². The van der Waals surface area contributed by atoms with Crippen LogP contribution in [0.4, 0.5) is 0 Å². The van der Waals surface area contributed by atoms with Crippen LogP contribution >= 0.6 is 27.5 Å². The van der Waals surface area contributed by atoms with Crippen LogP contribution < -0.4 is 0 Å². The summed E-state index contributed by atoms with van der Waals surface area (Å²) in [5, 5.41) is 1.41. The lowest BCUT2D eigenvalue weighted by atomic mass is 10.1. The Hall–Kier alpha value is -0.800. The number of imidazole rings is 1. The maximum atomic E-state index is 5.91. The van der Waals surface area contributed by atoms with Crippen molar-refractivity contribution < 1.29 is 0 Å². The smallest absolute Gasteiger partial charge is 0.147 e. The van der Waals surface area contributed by atoms with Crippen molar-refractivity contribution in [3.8, 4) is 11.4 Å². The van der Waals surface area contributed by atoms with E-state index in [4.69, 9.17) is 11.6 Å². The zero-order valence-corrected chi connectivity index (χ0v) is 11.3. The molecule has 0 saturated heterocycles. The Morgan fingerprint density at radius 3 is 2.56 bits per heavy atom. The Labute approximate surface area is 108 Å². The summed E-state index contributed by atoms with van der Waals surface area (Å²) >= 11 is 9.34. The minimum Gasteiger partial charge on any atom is -0.330 e. The van der Waals surface area contributed by atoms with E-state index in [2.05, 4.69) is 52.1 Å². The molecule has 0 N–H and O–H groups in total. The number of benzene rings is 1. The minimum absolute atomic E-state index is 0.543. The standard InChI is InChI=1S/C12H12BrClN2/c1-2-16-8-11(14)15-12(16)10-5-3-9(7-13)4-6-10/h3-6,8H,2,7H2,1H3. The molecule has 0 fully saturated rings. The Morgan fingerprint density at radius 2 is 2.00 bits per heavy atom. The van der Waals surface area contributed by atoms with Crippen molar-refractivity contribution in [2.75, 3.05) is 0 Å². The largest absolute Gasteiger partial charge is 0.330 e. The van der Waals surface area contributed by atoms with Gasteiger partial charge in [0.25, 0.3) is 0 Å². The van der Waals surface area contributed by atoms with E-state index in [9.17, 15) is 0 Å². The molecule has 1 aromatic carbocycles. The number of aryl methyl sites for hydroxylation is 1. The number of rotatable bonds is 3. The fraction of sp³-hybridized carbons (Fsp3) is 0.250. The molecule has 4 heteroatoms. The molecule has 0 saturated carbocycles. The SMILES string of the molecule is CCn1cc(Cl)nc1-c1ccc(CBr)cc1. The van der Waals surface area contributed by atoms with Crippen LogP contribution in [0.2, 0.25) is 5.15 Å². The lowest BCUT2D eigenvalue weighted by Crippen LogP contribution is -1.95. The average Bonchev–Trinajstić information content (AvgIpc) is 2.70. The fourth-order valence-electron chi connectivity index (χ4n) is 1.60. The van der Waals surface area contributed by atoms with Gasteiger partial charge in [-0.05, 0) is 12.5 Å². The molecule has 0 bridgehead atoms. The third kappa shape index (κ3) is 2.30. The molecule has 2 nitrogen and oxygen atoms in total. The van der Waals surface area contributed by atoms with Crippen LogP contribution in [-0.4, -0.2) is 9.55 Å². The van der Waals surface area contributed by atoms with Crippen LogP contribution in [0.5, 0.6) is 0 Å². The summed E-state index contributed by atoms with van der Waals surface area (Å²) in [6.07, 6.45) is 1.86. The van der Waals surface area contributed by atoms with Gasteiger partial charge in [-0.25, -0.2) is 4.98 Å². The number of aromatic nitrogens is 2. The highest BCUT2D eigenvalue weighted by Gasteiger charge is 2.07. The number of hydrogen-bond acceptors (Lipinski definition) is 1. The maximum Gasteiger partial charge on any atom is 0.147 e. The van der Waals surface area contributed by atoms with Crippen LogP contribution in [0.1, 0.15) is 12.5 Å². The summed E-state index contributed by atoms with van der Waals surface area (Å²) in [6, 6.07) is 8.32. The predicted molar refractivity (Wildman–Crippen MR) is 71.0 cm³/mol. The number of nitrogens with zero attached hydrogens (tertiary/aromatic N) is 2. The first-order valence-electron chi connectivity index (χ1n) is 5.12. The summed E-state index contributed by atoms with van der Waals surface area (Å²) in [7, 11) is 0. The zero-order chi connectivity index (χ0) is 11.5. The fourth-order valence-corrected chi connectivity index (χ4v) is 2.17. The lowest BCUT2D eigenvalue weighted by molar-refractivity contribution is 0.771. The molecule has 0 unspecified atom stereocenters. The Balaban J connectivity index is 2.41. The molecule has 0 aliphatic heterocycles. The van der Waals surface area contributed by atoms with E-state index in [1.54, 1.807) is 0 Å². The quantitative estimate of drug-likeness (QED) is 0.780. The van der Waals surface area contributed by atoms with Crippen molar-refractivity contribution >= 4 is 27.5 Å².